The Balaban J connectivity index is 2.53. The van der Waals surface area contributed by atoms with Crippen molar-refractivity contribution < 1.29 is 9.59 Å². The molecule has 2 aromatic rings. The summed E-state index contributed by atoms with van der Waals surface area (Å²) in [6, 6.07) is 11.7. The molecule has 0 heterocycles. The molecule has 0 saturated carbocycles. The topological polar surface area (TPSA) is 34.1 Å². The molecule has 0 radical (unpaired) electrons. The van der Waals surface area contributed by atoms with E-state index in [0.717, 1.165) is 21.9 Å². The van der Waals surface area contributed by atoms with Crippen LogP contribution in [0.3, 0.4) is 0 Å². The lowest BCUT2D eigenvalue weighted by atomic mass is 9.83. The Morgan fingerprint density at radius 2 is 1.71 bits per heavy atom. The second-order valence-electron chi connectivity index (χ2n) is 4.06. The van der Waals surface area contributed by atoms with E-state index in [4.69, 9.17) is 0 Å². The summed E-state index contributed by atoms with van der Waals surface area (Å²) in [5.74, 6) is 3.73. The monoisotopic (exact) mass is 220 g/mol. The van der Waals surface area contributed by atoms with Gasteiger partial charge in [-0.2, -0.15) is 0 Å². The van der Waals surface area contributed by atoms with E-state index in [1.165, 1.54) is 0 Å². The van der Waals surface area contributed by atoms with E-state index in [9.17, 15) is 9.59 Å². The fraction of sp³-hybridized carbons (Fsp3) is 0.0667. The molecule has 1 aliphatic carbocycles. The first-order valence-electron chi connectivity index (χ1n) is 5.35. The van der Waals surface area contributed by atoms with Gasteiger partial charge in [0, 0.05) is 12.0 Å². The normalized spacial score (nSPS) is 13.4. The maximum Gasteiger partial charge on any atom is 0.134 e. The SMILES string of the molecule is O=C=C1Cc2cccc3cccc(c23)C1=C=O. The Bertz CT molecular complexity index is 722. The van der Waals surface area contributed by atoms with Crippen molar-refractivity contribution in [1.82, 2.24) is 0 Å². The van der Waals surface area contributed by atoms with Gasteiger partial charge in [0.2, 0.25) is 0 Å². The molecule has 3 rings (SSSR count). The van der Waals surface area contributed by atoms with Crippen LogP contribution in [0.1, 0.15) is 11.1 Å². The van der Waals surface area contributed by atoms with E-state index in [1.54, 1.807) is 0 Å². The predicted octanol–water partition coefficient (Wildman–Crippen LogP) is 2.37. The first kappa shape index (κ1) is 9.80. The zero-order chi connectivity index (χ0) is 11.8. The quantitative estimate of drug-likeness (QED) is 0.639. The highest BCUT2D eigenvalue weighted by Crippen LogP contribution is 2.36. The first-order valence-corrected chi connectivity index (χ1v) is 5.35. The molecular formula is C15H8O2. The fourth-order valence-corrected chi connectivity index (χ4v) is 2.42. The molecule has 0 aromatic heterocycles. The van der Waals surface area contributed by atoms with E-state index >= 15 is 0 Å². The van der Waals surface area contributed by atoms with Crippen molar-refractivity contribution in [2.45, 2.75) is 6.42 Å². The summed E-state index contributed by atoms with van der Waals surface area (Å²) in [4.78, 5) is 21.9. The molecule has 0 amide bonds. The average molecular weight is 220 g/mol. The van der Waals surface area contributed by atoms with E-state index in [0.29, 0.717) is 17.6 Å². The third-order valence-electron chi connectivity index (χ3n) is 3.15. The standard InChI is InChI=1S/C15H8O2/c16-8-12-7-11-5-1-3-10-4-2-6-13(15(10)11)14(12)9-17/h1-6H,7H2. The van der Waals surface area contributed by atoms with Crippen molar-refractivity contribution in [2.24, 2.45) is 0 Å². The van der Waals surface area contributed by atoms with Crippen LogP contribution in [0.2, 0.25) is 0 Å². The number of benzene rings is 2. The van der Waals surface area contributed by atoms with Crippen LogP contribution >= 0.6 is 0 Å². The van der Waals surface area contributed by atoms with Gasteiger partial charge < -0.3 is 0 Å². The summed E-state index contributed by atoms with van der Waals surface area (Å²) < 4.78 is 0. The minimum Gasteiger partial charge on any atom is -0.233 e. The van der Waals surface area contributed by atoms with Gasteiger partial charge in [-0.3, -0.25) is 0 Å². The Hall–Kier alpha value is -2.40. The van der Waals surface area contributed by atoms with Crippen molar-refractivity contribution in [3.8, 4) is 0 Å². The van der Waals surface area contributed by atoms with Gasteiger partial charge >= 0.3 is 0 Å². The number of allylic oxidation sites excluding steroid dienone is 2. The number of carbonyl (C=O) groups excluding carboxylic acids is 2. The van der Waals surface area contributed by atoms with Gasteiger partial charge in [-0.1, -0.05) is 36.4 Å². The lowest BCUT2D eigenvalue weighted by Crippen LogP contribution is -2.05. The minimum absolute atomic E-state index is 0.351. The van der Waals surface area contributed by atoms with Crippen LogP contribution in [-0.2, 0) is 16.0 Å². The lowest BCUT2D eigenvalue weighted by molar-refractivity contribution is 0.565. The van der Waals surface area contributed by atoms with Crippen molar-refractivity contribution in [3.63, 3.8) is 0 Å². The molecule has 2 nitrogen and oxygen atoms in total. The fourth-order valence-electron chi connectivity index (χ4n) is 2.42. The zero-order valence-corrected chi connectivity index (χ0v) is 8.99. The largest absolute Gasteiger partial charge is 0.233 e. The molecule has 0 saturated heterocycles. The number of rotatable bonds is 0. The summed E-state index contributed by atoms with van der Waals surface area (Å²) >= 11 is 0. The minimum atomic E-state index is 0.351. The zero-order valence-electron chi connectivity index (χ0n) is 8.99. The van der Waals surface area contributed by atoms with Crippen LogP contribution in [0.4, 0.5) is 0 Å². The van der Waals surface area contributed by atoms with Gasteiger partial charge in [-0.25, -0.2) is 9.59 Å². The van der Waals surface area contributed by atoms with E-state index in [2.05, 4.69) is 0 Å². The summed E-state index contributed by atoms with van der Waals surface area (Å²) in [7, 11) is 0. The number of hydrogen-bond acceptors (Lipinski definition) is 2. The molecule has 0 atom stereocenters. The summed E-state index contributed by atoms with van der Waals surface area (Å²) in [6.45, 7) is 0. The third kappa shape index (κ3) is 1.29. The Labute approximate surface area is 97.9 Å². The molecular weight excluding hydrogens is 212 g/mol. The Morgan fingerprint density at radius 1 is 0.941 bits per heavy atom. The van der Waals surface area contributed by atoms with Gasteiger partial charge in [-0.05, 0) is 16.3 Å². The van der Waals surface area contributed by atoms with Gasteiger partial charge in [0.05, 0.1) is 11.1 Å². The van der Waals surface area contributed by atoms with E-state index < -0.39 is 0 Å². The molecule has 0 unspecified atom stereocenters. The summed E-state index contributed by atoms with van der Waals surface area (Å²) in [5.41, 5.74) is 2.60. The van der Waals surface area contributed by atoms with Crippen LogP contribution in [0.5, 0.6) is 0 Å². The Kier molecular flexibility index (Phi) is 2.06. The molecule has 0 bridgehead atoms. The van der Waals surface area contributed by atoms with Crippen LogP contribution in [0.15, 0.2) is 42.0 Å². The van der Waals surface area contributed by atoms with Crippen LogP contribution in [0, 0.1) is 0 Å². The summed E-state index contributed by atoms with van der Waals surface area (Å²) in [6.07, 6.45) is 0.461. The third-order valence-corrected chi connectivity index (χ3v) is 3.15. The lowest BCUT2D eigenvalue weighted by Gasteiger charge is -2.18. The van der Waals surface area contributed by atoms with Crippen molar-refractivity contribution in [3.05, 3.63) is 53.1 Å². The number of hydrogen-bond donors (Lipinski definition) is 0. The molecule has 17 heavy (non-hydrogen) atoms. The van der Waals surface area contributed by atoms with E-state index in [1.807, 2.05) is 48.3 Å². The molecule has 2 heteroatoms. The summed E-state index contributed by atoms with van der Waals surface area (Å²) in [5, 5.41) is 2.13. The van der Waals surface area contributed by atoms with Gasteiger partial charge in [0.1, 0.15) is 11.9 Å². The van der Waals surface area contributed by atoms with Gasteiger partial charge in [-0.15, -0.1) is 0 Å². The molecule has 1 aliphatic rings. The van der Waals surface area contributed by atoms with Crippen molar-refractivity contribution in [1.29, 1.82) is 0 Å². The van der Waals surface area contributed by atoms with Crippen molar-refractivity contribution in [2.75, 3.05) is 0 Å². The molecule has 0 N–H and O–H groups in total. The van der Waals surface area contributed by atoms with Crippen LogP contribution < -0.4 is 0 Å². The molecule has 2 aromatic carbocycles. The molecule has 0 fully saturated rings. The second-order valence-corrected chi connectivity index (χ2v) is 4.06. The smallest absolute Gasteiger partial charge is 0.134 e. The van der Waals surface area contributed by atoms with Gasteiger partial charge in [0.25, 0.3) is 0 Å². The van der Waals surface area contributed by atoms with Crippen molar-refractivity contribution >= 4 is 28.2 Å². The average Bonchev–Trinajstić information content (AvgIpc) is 2.39. The maximum atomic E-state index is 11.0. The maximum absolute atomic E-state index is 11.0. The van der Waals surface area contributed by atoms with Crippen LogP contribution in [0.25, 0.3) is 16.3 Å². The molecule has 0 aliphatic heterocycles. The molecule has 0 spiro atoms. The second kappa shape index (κ2) is 3.57. The predicted molar refractivity (Wildman–Crippen MR) is 66.0 cm³/mol. The van der Waals surface area contributed by atoms with E-state index in [-0.39, 0.29) is 0 Å². The molecule has 80 valence electrons. The highest BCUT2D eigenvalue weighted by molar-refractivity contribution is 6.11. The highest BCUT2D eigenvalue weighted by Gasteiger charge is 2.21. The van der Waals surface area contributed by atoms with Gasteiger partial charge in [0.15, 0.2) is 0 Å². The van der Waals surface area contributed by atoms with Crippen LogP contribution in [-0.4, -0.2) is 11.9 Å². The highest BCUT2D eigenvalue weighted by atomic mass is 16.1. The Morgan fingerprint density at radius 3 is 2.41 bits per heavy atom. The first-order chi connectivity index (χ1) is 8.35.